The second-order valence-electron chi connectivity index (χ2n) is 8.09. The molecule has 2 heterocycles. The minimum absolute atomic E-state index is 0.00973. The molecule has 5 nitrogen and oxygen atoms in total. The number of carbonyl (C=O) groups excluding carboxylic acids is 2. The van der Waals surface area contributed by atoms with Crippen molar-refractivity contribution in [1.29, 1.82) is 0 Å². The number of nitrogens with zero attached hydrogens (tertiary/aromatic N) is 1. The van der Waals surface area contributed by atoms with Crippen LogP contribution in [0.15, 0.2) is 48.5 Å². The van der Waals surface area contributed by atoms with Crippen LogP contribution in [0.3, 0.4) is 0 Å². The Balaban J connectivity index is 1.41. The number of amides is 3. The molecule has 3 amide bonds. The van der Waals surface area contributed by atoms with Gasteiger partial charge in [0.25, 0.3) is 5.91 Å². The standard InChI is InChI=1S/C23H26FN3O2/c1-15-8-10-18(11-9-15)26-23(29)27-20-6-3-7-21(27)14-19(13-20)25-22(28)16-4-2-5-17(24)12-16/h2,4-5,8-12,19-21H,3,6-7,13-14H2,1H3,(H,25,28)(H,26,29)/t20-,21-/m0/s1. The summed E-state index contributed by atoms with van der Waals surface area (Å²) in [6, 6.07) is 13.6. The van der Waals surface area contributed by atoms with Crippen molar-refractivity contribution in [1.82, 2.24) is 10.2 Å². The van der Waals surface area contributed by atoms with Gasteiger partial charge < -0.3 is 15.5 Å². The fourth-order valence-electron chi connectivity index (χ4n) is 4.55. The molecule has 0 radical (unpaired) electrons. The summed E-state index contributed by atoms with van der Waals surface area (Å²) in [5, 5.41) is 6.06. The van der Waals surface area contributed by atoms with Crippen LogP contribution in [0.1, 0.15) is 48.0 Å². The van der Waals surface area contributed by atoms with Gasteiger partial charge in [0, 0.05) is 29.4 Å². The van der Waals surface area contributed by atoms with Crippen molar-refractivity contribution in [3.63, 3.8) is 0 Å². The van der Waals surface area contributed by atoms with Crippen LogP contribution in [-0.4, -0.2) is 35.0 Å². The number of benzene rings is 2. The van der Waals surface area contributed by atoms with Crippen molar-refractivity contribution in [2.24, 2.45) is 0 Å². The number of fused-ring (bicyclic) bond motifs is 2. The second-order valence-corrected chi connectivity index (χ2v) is 8.09. The van der Waals surface area contributed by atoms with Gasteiger partial charge in [-0.3, -0.25) is 4.79 Å². The second kappa shape index (κ2) is 8.23. The Kier molecular flexibility index (Phi) is 5.51. The molecule has 0 unspecified atom stereocenters. The number of hydrogen-bond acceptors (Lipinski definition) is 2. The molecule has 2 fully saturated rings. The Morgan fingerprint density at radius 1 is 1.03 bits per heavy atom. The molecule has 29 heavy (non-hydrogen) atoms. The average molecular weight is 395 g/mol. The van der Waals surface area contributed by atoms with Gasteiger partial charge in [-0.2, -0.15) is 0 Å². The number of urea groups is 1. The summed E-state index contributed by atoms with van der Waals surface area (Å²) in [5.74, 6) is -0.678. The zero-order chi connectivity index (χ0) is 20.4. The lowest BCUT2D eigenvalue weighted by molar-refractivity contribution is 0.0577. The highest BCUT2D eigenvalue weighted by Crippen LogP contribution is 2.34. The number of carbonyl (C=O) groups is 2. The molecule has 2 atom stereocenters. The molecule has 0 saturated carbocycles. The van der Waals surface area contributed by atoms with Crippen LogP contribution < -0.4 is 10.6 Å². The number of nitrogens with one attached hydrogen (secondary N) is 2. The molecular weight excluding hydrogens is 369 g/mol. The molecule has 2 saturated heterocycles. The third-order valence-corrected chi connectivity index (χ3v) is 5.93. The molecule has 2 aromatic rings. The Morgan fingerprint density at radius 2 is 1.72 bits per heavy atom. The molecule has 6 heteroatoms. The van der Waals surface area contributed by atoms with Crippen LogP contribution in [0.5, 0.6) is 0 Å². The smallest absolute Gasteiger partial charge is 0.322 e. The topological polar surface area (TPSA) is 61.4 Å². The summed E-state index contributed by atoms with van der Waals surface area (Å²) < 4.78 is 13.4. The van der Waals surface area contributed by atoms with E-state index in [-0.39, 0.29) is 30.1 Å². The number of hydrogen-bond donors (Lipinski definition) is 2. The van der Waals surface area contributed by atoms with Crippen molar-refractivity contribution in [3.8, 4) is 0 Å². The quantitative estimate of drug-likeness (QED) is 0.805. The van der Waals surface area contributed by atoms with E-state index in [2.05, 4.69) is 10.6 Å². The largest absolute Gasteiger partial charge is 0.349 e. The van der Waals surface area contributed by atoms with Crippen molar-refractivity contribution in [3.05, 3.63) is 65.5 Å². The summed E-state index contributed by atoms with van der Waals surface area (Å²) in [6.07, 6.45) is 4.40. The minimum Gasteiger partial charge on any atom is -0.349 e. The van der Waals surface area contributed by atoms with Gasteiger partial charge in [0.2, 0.25) is 0 Å². The Hall–Kier alpha value is -2.89. The predicted molar refractivity (Wildman–Crippen MR) is 110 cm³/mol. The molecule has 0 aliphatic carbocycles. The van der Waals surface area contributed by atoms with Crippen molar-refractivity contribution >= 4 is 17.6 Å². The lowest BCUT2D eigenvalue weighted by atomic mass is 9.82. The molecule has 2 aromatic carbocycles. The molecule has 2 aliphatic heterocycles. The first-order valence-electron chi connectivity index (χ1n) is 10.2. The lowest BCUT2D eigenvalue weighted by Gasteiger charge is -2.48. The van der Waals surface area contributed by atoms with E-state index in [1.54, 1.807) is 6.07 Å². The molecule has 152 valence electrons. The molecule has 0 spiro atoms. The van der Waals surface area contributed by atoms with Crippen molar-refractivity contribution in [2.75, 3.05) is 5.32 Å². The highest BCUT2D eigenvalue weighted by molar-refractivity contribution is 5.94. The van der Waals surface area contributed by atoms with Gasteiger partial charge in [0.05, 0.1) is 0 Å². The molecule has 0 aromatic heterocycles. The van der Waals surface area contributed by atoms with Crippen LogP contribution in [0, 0.1) is 12.7 Å². The van der Waals surface area contributed by atoms with Crippen LogP contribution >= 0.6 is 0 Å². The van der Waals surface area contributed by atoms with Gasteiger partial charge in [0.1, 0.15) is 5.82 Å². The van der Waals surface area contributed by atoms with Gasteiger partial charge >= 0.3 is 6.03 Å². The molecule has 2 N–H and O–H groups in total. The first-order chi connectivity index (χ1) is 14.0. The predicted octanol–water partition coefficient (Wildman–Crippen LogP) is 4.48. The molecule has 2 bridgehead atoms. The maximum absolute atomic E-state index is 13.4. The number of rotatable bonds is 3. The third-order valence-electron chi connectivity index (χ3n) is 5.93. The van der Waals surface area contributed by atoms with Crippen molar-refractivity contribution in [2.45, 2.75) is 57.2 Å². The van der Waals surface area contributed by atoms with E-state index >= 15 is 0 Å². The molecular formula is C23H26FN3O2. The van der Waals surface area contributed by atoms with Gasteiger partial charge in [-0.1, -0.05) is 23.8 Å². The Bertz CT molecular complexity index is 885. The maximum Gasteiger partial charge on any atom is 0.322 e. The summed E-state index contributed by atoms with van der Waals surface area (Å²) >= 11 is 0. The fraction of sp³-hybridized carbons (Fsp3) is 0.391. The first-order valence-corrected chi connectivity index (χ1v) is 10.2. The number of aryl methyl sites for hydroxylation is 1. The number of piperidine rings is 2. The Morgan fingerprint density at radius 3 is 2.38 bits per heavy atom. The highest BCUT2D eigenvalue weighted by Gasteiger charge is 2.41. The van der Waals surface area contributed by atoms with Crippen LogP contribution in [0.25, 0.3) is 0 Å². The highest BCUT2D eigenvalue weighted by atomic mass is 19.1. The van der Waals surface area contributed by atoms with E-state index in [1.165, 1.54) is 18.2 Å². The first kappa shape index (κ1) is 19.4. The summed E-state index contributed by atoms with van der Waals surface area (Å²) in [7, 11) is 0. The average Bonchev–Trinajstić information content (AvgIpc) is 2.69. The number of halogens is 1. The van der Waals surface area contributed by atoms with Crippen LogP contribution in [0.4, 0.5) is 14.9 Å². The van der Waals surface area contributed by atoms with E-state index in [1.807, 2.05) is 36.1 Å². The zero-order valence-corrected chi connectivity index (χ0v) is 16.5. The summed E-state index contributed by atoms with van der Waals surface area (Å²) in [4.78, 5) is 27.4. The summed E-state index contributed by atoms with van der Waals surface area (Å²) in [6.45, 7) is 2.01. The van der Waals surface area contributed by atoms with E-state index in [0.29, 0.717) is 5.56 Å². The molecule has 2 aliphatic rings. The van der Waals surface area contributed by atoms with Crippen LogP contribution in [-0.2, 0) is 0 Å². The van der Waals surface area contributed by atoms with E-state index in [0.717, 1.165) is 43.4 Å². The van der Waals surface area contributed by atoms with Crippen molar-refractivity contribution < 1.29 is 14.0 Å². The minimum atomic E-state index is -0.419. The van der Waals surface area contributed by atoms with E-state index < -0.39 is 5.82 Å². The van der Waals surface area contributed by atoms with Gasteiger partial charge in [-0.25, -0.2) is 9.18 Å². The monoisotopic (exact) mass is 395 g/mol. The summed E-state index contributed by atoms with van der Waals surface area (Å²) in [5.41, 5.74) is 2.27. The van der Waals surface area contributed by atoms with Gasteiger partial charge in [-0.15, -0.1) is 0 Å². The van der Waals surface area contributed by atoms with Gasteiger partial charge in [-0.05, 0) is 69.4 Å². The zero-order valence-electron chi connectivity index (χ0n) is 16.5. The SMILES string of the molecule is Cc1ccc(NC(=O)N2[C@H]3CCC[C@H]2CC(NC(=O)c2cccc(F)c2)C3)cc1. The van der Waals surface area contributed by atoms with Crippen LogP contribution in [0.2, 0.25) is 0 Å². The maximum atomic E-state index is 13.4. The molecule has 4 rings (SSSR count). The normalized spacial score (nSPS) is 23.4. The lowest BCUT2D eigenvalue weighted by Crippen LogP contribution is -2.59. The fourth-order valence-corrected chi connectivity index (χ4v) is 4.55. The van der Waals surface area contributed by atoms with E-state index in [4.69, 9.17) is 0 Å². The third kappa shape index (κ3) is 4.42. The van der Waals surface area contributed by atoms with E-state index in [9.17, 15) is 14.0 Å². The van der Waals surface area contributed by atoms with Gasteiger partial charge in [0.15, 0.2) is 0 Å². The Labute approximate surface area is 170 Å². The number of anilines is 1.